The van der Waals surface area contributed by atoms with E-state index in [0.717, 1.165) is 29.2 Å². The fraction of sp³-hybridized carbons (Fsp3) is 0.333. The second-order valence-electron chi connectivity index (χ2n) is 5.20. The van der Waals surface area contributed by atoms with Gasteiger partial charge in [-0.1, -0.05) is 12.1 Å². The highest BCUT2D eigenvalue weighted by Crippen LogP contribution is 2.34. The highest BCUT2D eigenvalue weighted by molar-refractivity contribution is 7.99. The van der Waals surface area contributed by atoms with Gasteiger partial charge >= 0.3 is 0 Å². The van der Waals surface area contributed by atoms with Crippen molar-refractivity contribution in [2.24, 2.45) is 7.05 Å². The van der Waals surface area contributed by atoms with Crippen LogP contribution < -0.4 is 4.90 Å². The Morgan fingerprint density at radius 1 is 1.33 bits per heavy atom. The quantitative estimate of drug-likeness (QED) is 0.728. The monoisotopic (exact) mass is 300 g/mol. The van der Waals surface area contributed by atoms with Gasteiger partial charge in [0.25, 0.3) is 6.01 Å². The normalized spacial score (nSPS) is 19.3. The molecule has 0 unspecified atom stereocenters. The largest absolute Gasteiger partial charge is 0.423 e. The maximum absolute atomic E-state index is 5.94. The average molecular weight is 300 g/mol. The predicted octanol–water partition coefficient (Wildman–Crippen LogP) is 2.86. The number of benzene rings is 1. The number of hydrogen-bond acceptors (Lipinski definition) is 5. The van der Waals surface area contributed by atoms with Crippen molar-refractivity contribution in [3.05, 3.63) is 42.2 Å². The third-order valence-electron chi connectivity index (χ3n) is 3.77. The number of fused-ring (bicyclic) bond motifs is 1. The number of aromatic nitrogens is 3. The van der Waals surface area contributed by atoms with Crippen LogP contribution in [0.2, 0.25) is 0 Å². The van der Waals surface area contributed by atoms with E-state index in [-0.39, 0.29) is 6.04 Å². The highest BCUT2D eigenvalue weighted by Gasteiger charge is 2.28. The minimum atomic E-state index is 0.269. The summed E-state index contributed by atoms with van der Waals surface area (Å²) in [6, 6.07) is 8.89. The van der Waals surface area contributed by atoms with Crippen LogP contribution in [-0.2, 0) is 7.05 Å². The van der Waals surface area contributed by atoms with E-state index in [1.54, 1.807) is 0 Å². The molecule has 2 aromatic heterocycles. The number of hydrogen-bond donors (Lipinski definition) is 0. The zero-order chi connectivity index (χ0) is 14.2. The Morgan fingerprint density at radius 2 is 2.24 bits per heavy atom. The predicted molar refractivity (Wildman–Crippen MR) is 84.6 cm³/mol. The van der Waals surface area contributed by atoms with Gasteiger partial charge in [0.15, 0.2) is 5.58 Å². The van der Waals surface area contributed by atoms with Crippen LogP contribution in [0.15, 0.2) is 41.1 Å². The molecule has 4 rings (SSSR count). The molecule has 1 aliphatic heterocycles. The molecule has 1 atom stereocenters. The average Bonchev–Trinajstić information content (AvgIpc) is 3.13. The molecule has 108 valence electrons. The van der Waals surface area contributed by atoms with Crippen LogP contribution in [0.1, 0.15) is 11.6 Å². The molecule has 0 saturated carbocycles. The van der Waals surface area contributed by atoms with Crippen LogP contribution >= 0.6 is 11.8 Å². The Hall–Kier alpha value is -1.95. The van der Waals surface area contributed by atoms with E-state index in [4.69, 9.17) is 4.42 Å². The summed E-state index contributed by atoms with van der Waals surface area (Å²) in [5.41, 5.74) is 2.97. The Labute approximate surface area is 126 Å². The fourth-order valence-electron chi connectivity index (χ4n) is 2.70. The lowest BCUT2D eigenvalue weighted by atomic mass is 10.1. The van der Waals surface area contributed by atoms with Crippen molar-refractivity contribution in [1.29, 1.82) is 0 Å². The van der Waals surface area contributed by atoms with Gasteiger partial charge in [-0.15, -0.1) is 0 Å². The molecule has 6 heteroatoms. The second-order valence-corrected chi connectivity index (χ2v) is 6.35. The second kappa shape index (κ2) is 5.11. The lowest BCUT2D eigenvalue weighted by molar-refractivity contribution is 0.538. The summed E-state index contributed by atoms with van der Waals surface area (Å²) in [4.78, 5) is 6.90. The van der Waals surface area contributed by atoms with Gasteiger partial charge in [0.2, 0.25) is 0 Å². The van der Waals surface area contributed by atoms with Crippen molar-refractivity contribution in [2.45, 2.75) is 6.04 Å². The SMILES string of the molecule is Cn1cc([C@@H]2CSCCN2c2nc3ccccc3o2)cn1. The van der Waals surface area contributed by atoms with E-state index in [1.165, 1.54) is 5.56 Å². The number of rotatable bonds is 2. The van der Waals surface area contributed by atoms with Crippen LogP contribution in [-0.4, -0.2) is 32.8 Å². The number of nitrogens with zero attached hydrogens (tertiary/aromatic N) is 4. The van der Waals surface area contributed by atoms with Crippen LogP contribution in [0.25, 0.3) is 11.1 Å². The van der Waals surface area contributed by atoms with Crippen LogP contribution in [0.3, 0.4) is 0 Å². The van der Waals surface area contributed by atoms with Crippen molar-refractivity contribution in [3.63, 3.8) is 0 Å². The van der Waals surface area contributed by atoms with Gasteiger partial charge < -0.3 is 9.32 Å². The van der Waals surface area contributed by atoms with Crippen molar-refractivity contribution in [3.8, 4) is 0 Å². The molecule has 1 aromatic carbocycles. The van der Waals surface area contributed by atoms with Gasteiger partial charge in [-0.25, -0.2) is 0 Å². The number of anilines is 1. The minimum Gasteiger partial charge on any atom is -0.423 e. The molecule has 0 amide bonds. The third kappa shape index (κ3) is 2.29. The van der Waals surface area contributed by atoms with Gasteiger partial charge in [0.1, 0.15) is 5.52 Å². The summed E-state index contributed by atoms with van der Waals surface area (Å²) in [7, 11) is 1.95. The number of para-hydroxylation sites is 2. The molecule has 5 nitrogen and oxygen atoms in total. The molecule has 1 aliphatic rings. The standard InChI is InChI=1S/C15H16N4OS/c1-18-9-11(8-16-18)13-10-21-7-6-19(13)15-17-12-4-2-3-5-14(12)20-15/h2-5,8-9,13H,6-7,10H2,1H3/t13-/m0/s1. The van der Waals surface area contributed by atoms with E-state index in [9.17, 15) is 0 Å². The van der Waals surface area contributed by atoms with Crippen LogP contribution in [0.4, 0.5) is 6.01 Å². The van der Waals surface area contributed by atoms with Crippen molar-refractivity contribution >= 4 is 28.9 Å². The molecule has 1 saturated heterocycles. The zero-order valence-electron chi connectivity index (χ0n) is 11.8. The van der Waals surface area contributed by atoms with Crippen molar-refractivity contribution in [1.82, 2.24) is 14.8 Å². The molecular weight excluding hydrogens is 284 g/mol. The van der Waals surface area contributed by atoms with E-state index in [2.05, 4.69) is 21.2 Å². The Kier molecular flexibility index (Phi) is 3.11. The number of thioether (sulfide) groups is 1. The lowest BCUT2D eigenvalue weighted by Crippen LogP contribution is -2.36. The lowest BCUT2D eigenvalue weighted by Gasteiger charge is -2.33. The zero-order valence-corrected chi connectivity index (χ0v) is 12.6. The van der Waals surface area contributed by atoms with Crippen molar-refractivity contribution < 1.29 is 4.42 Å². The van der Waals surface area contributed by atoms with Gasteiger partial charge in [-0.05, 0) is 12.1 Å². The summed E-state index contributed by atoms with van der Waals surface area (Å²) in [6.07, 6.45) is 4.01. The van der Waals surface area contributed by atoms with E-state index >= 15 is 0 Å². The first kappa shape index (κ1) is 12.8. The fourth-order valence-corrected chi connectivity index (χ4v) is 3.79. The molecule has 0 N–H and O–H groups in total. The van der Waals surface area contributed by atoms with Gasteiger partial charge in [-0.3, -0.25) is 4.68 Å². The van der Waals surface area contributed by atoms with E-state index in [1.807, 2.05) is 54.0 Å². The third-order valence-corrected chi connectivity index (χ3v) is 4.79. The molecule has 3 heterocycles. The van der Waals surface area contributed by atoms with E-state index in [0.29, 0.717) is 6.01 Å². The number of aryl methyl sites for hydroxylation is 1. The Morgan fingerprint density at radius 3 is 3.05 bits per heavy atom. The maximum Gasteiger partial charge on any atom is 0.298 e. The first-order chi connectivity index (χ1) is 10.3. The first-order valence-corrected chi connectivity index (χ1v) is 8.15. The first-order valence-electron chi connectivity index (χ1n) is 7.00. The van der Waals surface area contributed by atoms with E-state index < -0.39 is 0 Å². The summed E-state index contributed by atoms with van der Waals surface area (Å²) >= 11 is 1.96. The molecule has 0 bridgehead atoms. The molecule has 3 aromatic rings. The van der Waals surface area contributed by atoms with Gasteiger partial charge in [0, 0.05) is 36.9 Å². The Bertz CT molecular complexity index is 733. The van der Waals surface area contributed by atoms with Crippen LogP contribution in [0.5, 0.6) is 0 Å². The van der Waals surface area contributed by atoms with Crippen molar-refractivity contribution in [2.75, 3.05) is 23.0 Å². The number of oxazole rings is 1. The maximum atomic E-state index is 5.94. The molecule has 1 fully saturated rings. The minimum absolute atomic E-state index is 0.269. The summed E-state index contributed by atoms with van der Waals surface area (Å²) in [6.45, 7) is 0.942. The summed E-state index contributed by atoms with van der Waals surface area (Å²) in [5.74, 6) is 2.12. The Balaban J connectivity index is 1.73. The van der Waals surface area contributed by atoms with Crippen LogP contribution in [0, 0.1) is 0 Å². The molecule has 21 heavy (non-hydrogen) atoms. The molecule has 0 aliphatic carbocycles. The van der Waals surface area contributed by atoms with Gasteiger partial charge in [0.05, 0.1) is 12.2 Å². The summed E-state index contributed by atoms with van der Waals surface area (Å²) in [5, 5.41) is 4.29. The van der Waals surface area contributed by atoms with Gasteiger partial charge in [-0.2, -0.15) is 21.8 Å². The smallest absolute Gasteiger partial charge is 0.298 e. The highest BCUT2D eigenvalue weighted by atomic mass is 32.2. The molecular formula is C15H16N4OS. The molecule has 0 spiro atoms. The summed E-state index contributed by atoms with van der Waals surface area (Å²) < 4.78 is 7.79. The molecule has 0 radical (unpaired) electrons. The topological polar surface area (TPSA) is 47.1 Å².